The molecule has 0 radical (unpaired) electrons. The number of aromatic amines is 1. The predicted molar refractivity (Wildman–Crippen MR) is 79.5 cm³/mol. The average molecular weight is 301 g/mol. The van der Waals surface area contributed by atoms with Crippen molar-refractivity contribution in [1.82, 2.24) is 4.98 Å². The normalized spacial score (nSPS) is 12.5. The fraction of sp³-hybridized carbons (Fsp3) is 0.118. The number of rotatable bonds is 0. The molecular weight excluding hydrogens is 289 g/mol. The second-order valence-corrected chi connectivity index (χ2v) is 5.41. The number of nitrogens with zero attached hydrogens (tertiary/aromatic N) is 1. The molecule has 0 amide bonds. The molecule has 0 aliphatic rings. The van der Waals surface area contributed by atoms with E-state index in [-0.39, 0.29) is 0 Å². The third-order valence-corrected chi connectivity index (χ3v) is 4.08. The van der Waals surface area contributed by atoms with Crippen LogP contribution in [0.5, 0.6) is 0 Å². The fourth-order valence-electron chi connectivity index (χ4n) is 2.97. The molecule has 0 spiro atoms. The van der Waals surface area contributed by atoms with Gasteiger partial charge in [-0.1, -0.05) is 18.2 Å². The standard InChI is InChI=1S/C17H11F3N2/c1-22-15-9-11(17(18,19)20)7-6-10(15)8-13-12-4-2-3-5-14(12)21-16(13)22/h2-9H,1H3/p+1. The van der Waals surface area contributed by atoms with Crippen LogP contribution in [0.15, 0.2) is 48.5 Å². The number of aromatic nitrogens is 2. The summed E-state index contributed by atoms with van der Waals surface area (Å²) in [5.41, 5.74) is 1.70. The summed E-state index contributed by atoms with van der Waals surface area (Å²) < 4.78 is 40.5. The van der Waals surface area contributed by atoms with Gasteiger partial charge in [-0.15, -0.1) is 0 Å². The summed E-state index contributed by atoms with van der Waals surface area (Å²) in [6, 6.07) is 13.6. The number of alkyl halides is 3. The molecule has 0 bridgehead atoms. The van der Waals surface area contributed by atoms with Crippen LogP contribution in [0.3, 0.4) is 0 Å². The average Bonchev–Trinajstić information content (AvgIpc) is 2.85. The molecule has 0 saturated heterocycles. The molecule has 4 aromatic rings. The summed E-state index contributed by atoms with van der Waals surface area (Å²) in [6.45, 7) is 0. The SMILES string of the molecule is C[n+]1c2cc(C(F)(F)F)ccc2cc2c3ccccc3[nH]c21. The summed E-state index contributed by atoms with van der Waals surface area (Å²) in [7, 11) is 1.78. The Morgan fingerprint density at radius 3 is 2.50 bits per heavy atom. The van der Waals surface area contributed by atoms with Gasteiger partial charge in [-0.05, 0) is 30.3 Å². The first kappa shape index (κ1) is 13.1. The molecule has 2 nitrogen and oxygen atoms in total. The number of H-pyrrole nitrogens is 1. The zero-order chi connectivity index (χ0) is 15.5. The lowest BCUT2D eigenvalue weighted by Gasteiger charge is -2.08. The topological polar surface area (TPSA) is 19.7 Å². The summed E-state index contributed by atoms with van der Waals surface area (Å²) in [4.78, 5) is 3.28. The Morgan fingerprint density at radius 2 is 1.73 bits per heavy atom. The molecule has 22 heavy (non-hydrogen) atoms. The van der Waals surface area contributed by atoms with Gasteiger partial charge < -0.3 is 0 Å². The Morgan fingerprint density at radius 1 is 0.955 bits per heavy atom. The van der Waals surface area contributed by atoms with Crippen LogP contribution in [-0.2, 0) is 13.2 Å². The lowest BCUT2D eigenvalue weighted by molar-refractivity contribution is -0.619. The highest BCUT2D eigenvalue weighted by Gasteiger charge is 2.31. The Hall–Kier alpha value is -2.56. The molecule has 0 atom stereocenters. The van der Waals surface area contributed by atoms with Crippen molar-refractivity contribution >= 4 is 32.8 Å². The van der Waals surface area contributed by atoms with Crippen LogP contribution in [0, 0.1) is 0 Å². The maximum absolute atomic E-state index is 12.9. The van der Waals surface area contributed by atoms with E-state index in [1.165, 1.54) is 12.1 Å². The van der Waals surface area contributed by atoms with Gasteiger partial charge in [0, 0.05) is 10.8 Å². The zero-order valence-corrected chi connectivity index (χ0v) is 11.7. The number of halogens is 3. The molecule has 2 aromatic heterocycles. The molecule has 1 N–H and O–H groups in total. The van der Waals surface area contributed by atoms with E-state index in [0.29, 0.717) is 5.52 Å². The minimum absolute atomic E-state index is 0.550. The van der Waals surface area contributed by atoms with E-state index in [4.69, 9.17) is 0 Å². The van der Waals surface area contributed by atoms with Crippen molar-refractivity contribution in [1.29, 1.82) is 0 Å². The second-order valence-electron chi connectivity index (χ2n) is 5.41. The molecule has 5 heteroatoms. The fourth-order valence-corrected chi connectivity index (χ4v) is 2.97. The molecule has 0 saturated carbocycles. The number of nitrogens with one attached hydrogen (secondary N) is 1. The van der Waals surface area contributed by atoms with Crippen molar-refractivity contribution < 1.29 is 17.7 Å². The number of benzene rings is 2. The van der Waals surface area contributed by atoms with E-state index in [0.717, 1.165) is 33.4 Å². The van der Waals surface area contributed by atoms with E-state index in [1.54, 1.807) is 11.6 Å². The van der Waals surface area contributed by atoms with Crippen molar-refractivity contribution in [3.8, 4) is 0 Å². The number of fused-ring (bicyclic) bond motifs is 4. The number of aryl methyl sites for hydroxylation is 1. The van der Waals surface area contributed by atoms with Gasteiger partial charge >= 0.3 is 6.18 Å². The van der Waals surface area contributed by atoms with E-state index >= 15 is 0 Å². The van der Waals surface area contributed by atoms with Crippen molar-refractivity contribution in [3.63, 3.8) is 0 Å². The van der Waals surface area contributed by atoms with Gasteiger partial charge in [0.1, 0.15) is 11.0 Å². The van der Waals surface area contributed by atoms with Crippen molar-refractivity contribution in [2.45, 2.75) is 6.18 Å². The lowest BCUT2D eigenvalue weighted by atomic mass is 10.1. The smallest absolute Gasteiger partial charge is 0.240 e. The Kier molecular flexibility index (Phi) is 2.52. The van der Waals surface area contributed by atoms with Crippen LogP contribution in [0.25, 0.3) is 32.8 Å². The molecular formula is C17H12F3N2+. The summed E-state index contributed by atoms with van der Waals surface area (Å²) >= 11 is 0. The van der Waals surface area contributed by atoms with Gasteiger partial charge in [0.15, 0.2) is 0 Å². The van der Waals surface area contributed by atoms with Crippen LogP contribution in [-0.4, -0.2) is 4.98 Å². The first-order valence-corrected chi connectivity index (χ1v) is 6.85. The van der Waals surface area contributed by atoms with Gasteiger partial charge in [-0.2, -0.15) is 13.2 Å². The first-order valence-electron chi connectivity index (χ1n) is 6.85. The number of hydrogen-bond donors (Lipinski definition) is 1. The molecule has 2 heterocycles. The van der Waals surface area contributed by atoms with Gasteiger partial charge in [0.2, 0.25) is 0 Å². The molecule has 110 valence electrons. The van der Waals surface area contributed by atoms with E-state index < -0.39 is 11.7 Å². The van der Waals surface area contributed by atoms with Gasteiger partial charge in [0.05, 0.1) is 18.0 Å². The molecule has 4 rings (SSSR count). The largest absolute Gasteiger partial charge is 0.416 e. The van der Waals surface area contributed by atoms with Crippen molar-refractivity contribution in [2.75, 3.05) is 0 Å². The first-order chi connectivity index (χ1) is 10.4. The number of hydrogen-bond acceptors (Lipinski definition) is 0. The highest BCUT2D eigenvalue weighted by molar-refractivity contribution is 6.07. The van der Waals surface area contributed by atoms with Crippen LogP contribution in [0.4, 0.5) is 13.2 Å². The molecule has 2 aromatic carbocycles. The quantitative estimate of drug-likeness (QED) is 0.467. The minimum atomic E-state index is -4.34. The molecule has 0 aliphatic heterocycles. The second kappa shape index (κ2) is 4.22. The summed E-state index contributed by atoms with van der Waals surface area (Å²) in [5, 5.41) is 2.85. The van der Waals surface area contributed by atoms with Crippen LogP contribution in [0.2, 0.25) is 0 Å². The third-order valence-electron chi connectivity index (χ3n) is 4.08. The van der Waals surface area contributed by atoms with Crippen LogP contribution < -0.4 is 4.57 Å². The predicted octanol–water partition coefficient (Wildman–Crippen LogP) is 4.32. The Bertz CT molecular complexity index is 1030. The number of para-hydroxylation sites is 1. The zero-order valence-electron chi connectivity index (χ0n) is 11.7. The van der Waals surface area contributed by atoms with Gasteiger partial charge in [0.25, 0.3) is 5.65 Å². The molecule has 0 fully saturated rings. The van der Waals surface area contributed by atoms with Crippen molar-refractivity contribution in [3.05, 3.63) is 54.1 Å². The molecule has 0 unspecified atom stereocenters. The summed E-state index contributed by atoms with van der Waals surface area (Å²) in [6.07, 6.45) is -4.34. The van der Waals surface area contributed by atoms with Crippen LogP contribution >= 0.6 is 0 Å². The van der Waals surface area contributed by atoms with Crippen LogP contribution in [0.1, 0.15) is 5.56 Å². The maximum Gasteiger partial charge on any atom is 0.416 e. The Labute approximate surface area is 123 Å². The van der Waals surface area contributed by atoms with Gasteiger partial charge in [-0.25, -0.2) is 9.55 Å². The van der Waals surface area contributed by atoms with E-state index in [2.05, 4.69) is 4.98 Å². The lowest BCUT2D eigenvalue weighted by Crippen LogP contribution is -2.30. The number of pyridine rings is 1. The maximum atomic E-state index is 12.9. The highest BCUT2D eigenvalue weighted by Crippen LogP contribution is 2.32. The van der Waals surface area contributed by atoms with Gasteiger partial charge in [-0.3, -0.25) is 0 Å². The van der Waals surface area contributed by atoms with Crippen molar-refractivity contribution in [2.24, 2.45) is 7.05 Å². The Balaban J connectivity index is 2.14. The minimum Gasteiger partial charge on any atom is -0.240 e. The van der Waals surface area contributed by atoms with E-state index in [1.807, 2.05) is 30.3 Å². The van der Waals surface area contributed by atoms with E-state index in [9.17, 15) is 13.2 Å². The molecule has 0 aliphatic carbocycles. The highest BCUT2D eigenvalue weighted by atomic mass is 19.4. The summed E-state index contributed by atoms with van der Waals surface area (Å²) in [5.74, 6) is 0. The monoisotopic (exact) mass is 301 g/mol. The third kappa shape index (κ3) is 1.78.